The molecule has 10 nitrogen and oxygen atoms in total. The van der Waals surface area contributed by atoms with E-state index in [-0.39, 0.29) is 32.1 Å². The van der Waals surface area contributed by atoms with E-state index in [1.54, 1.807) is 13.8 Å². The van der Waals surface area contributed by atoms with E-state index in [2.05, 4.69) is 21.3 Å². The summed E-state index contributed by atoms with van der Waals surface area (Å²) in [5.41, 5.74) is -2.86. The van der Waals surface area contributed by atoms with Crippen LogP contribution in [-0.4, -0.2) is 35.7 Å². The van der Waals surface area contributed by atoms with Gasteiger partial charge in [0.2, 0.25) is 23.6 Å². The van der Waals surface area contributed by atoms with Crippen LogP contribution < -0.4 is 21.3 Å². The summed E-state index contributed by atoms with van der Waals surface area (Å²) in [4.78, 5) is 71.1. The predicted octanol–water partition coefficient (Wildman–Crippen LogP) is -0.318. The molecule has 2 aliphatic rings. The van der Waals surface area contributed by atoms with Crippen LogP contribution in [0, 0.1) is 10.8 Å². The average Bonchev–Trinajstić information content (AvgIpc) is 2.52. The molecule has 10 heteroatoms. The fraction of sp³-hybridized carbons (Fsp3) is 0.600. The van der Waals surface area contributed by atoms with Gasteiger partial charge in [-0.15, -0.1) is 0 Å². The molecule has 0 atom stereocenters. The van der Waals surface area contributed by atoms with E-state index in [1.165, 1.54) is 0 Å². The number of hydrogen-bond acceptors (Lipinski definition) is 6. The predicted molar refractivity (Wildman–Crippen MR) is 82.7 cm³/mol. The minimum atomic E-state index is -1.43. The zero-order chi connectivity index (χ0) is 18.8. The molecule has 0 bridgehead atoms. The Morgan fingerprint density at radius 3 is 1.12 bits per heavy atom. The lowest BCUT2D eigenvalue weighted by atomic mass is 9.72. The zero-order valence-corrected chi connectivity index (χ0v) is 14.0. The van der Waals surface area contributed by atoms with Gasteiger partial charge in [0.25, 0.3) is 0 Å². The SMILES string of the molecule is CCC1(CCCC2(CC)C(=O)NC(=O)NC2=O)C(=O)NC(=O)NC1=O. The highest BCUT2D eigenvalue weighted by molar-refractivity contribution is 6.20. The maximum atomic E-state index is 12.2. The molecule has 2 fully saturated rings. The van der Waals surface area contributed by atoms with Gasteiger partial charge in [-0.1, -0.05) is 20.3 Å². The highest BCUT2D eigenvalue weighted by atomic mass is 16.2. The molecule has 8 amide bonds. The van der Waals surface area contributed by atoms with E-state index in [0.29, 0.717) is 0 Å². The molecule has 2 rings (SSSR count). The van der Waals surface area contributed by atoms with Gasteiger partial charge in [-0.3, -0.25) is 40.4 Å². The monoisotopic (exact) mass is 352 g/mol. The molecule has 2 aliphatic heterocycles. The molecule has 0 aromatic carbocycles. The summed E-state index contributed by atoms with van der Waals surface area (Å²) in [6, 6.07) is -1.73. The van der Waals surface area contributed by atoms with E-state index in [0.717, 1.165) is 0 Å². The number of urea groups is 2. The Bertz CT molecular complexity index is 575. The number of imide groups is 4. The van der Waals surface area contributed by atoms with Gasteiger partial charge in [0.15, 0.2) is 0 Å². The molecule has 0 unspecified atom stereocenters. The Morgan fingerprint density at radius 2 is 0.880 bits per heavy atom. The number of nitrogens with one attached hydrogen (secondary N) is 4. The van der Waals surface area contributed by atoms with Crippen molar-refractivity contribution in [2.75, 3.05) is 0 Å². The minimum absolute atomic E-state index is 0.0602. The molecule has 0 saturated carbocycles. The molecule has 0 aromatic rings. The molecule has 2 heterocycles. The molecule has 0 spiro atoms. The Balaban J connectivity index is 2.14. The molecule has 0 radical (unpaired) electrons. The second-order valence-electron chi connectivity index (χ2n) is 6.20. The summed E-state index contributed by atoms with van der Waals surface area (Å²) in [6.45, 7) is 3.28. The smallest absolute Gasteiger partial charge is 0.277 e. The fourth-order valence-electron chi connectivity index (χ4n) is 3.30. The fourth-order valence-corrected chi connectivity index (χ4v) is 3.30. The lowest BCUT2D eigenvalue weighted by molar-refractivity contribution is -0.145. The number of hydrogen-bond donors (Lipinski definition) is 4. The third kappa shape index (κ3) is 2.99. The van der Waals surface area contributed by atoms with Crippen molar-refractivity contribution in [3.63, 3.8) is 0 Å². The van der Waals surface area contributed by atoms with Crippen LogP contribution in [0.5, 0.6) is 0 Å². The highest BCUT2D eigenvalue weighted by Crippen LogP contribution is 2.36. The van der Waals surface area contributed by atoms with Crippen LogP contribution in [0.2, 0.25) is 0 Å². The number of carbonyl (C=O) groups excluding carboxylic acids is 6. The molecule has 25 heavy (non-hydrogen) atoms. The van der Waals surface area contributed by atoms with Crippen LogP contribution in [0.15, 0.2) is 0 Å². The standard InChI is InChI=1S/C15H20N4O6/c1-3-14(8(20)16-12(24)17-9(14)21)6-5-7-15(4-2)10(22)18-13(25)19-11(15)23/h3-7H2,1-2H3,(H2,16,17,20,21,24)(H2,18,19,22,23,25). The summed E-state index contributed by atoms with van der Waals surface area (Å²) in [5, 5.41) is 8.30. The Labute approximate surface area is 143 Å². The van der Waals surface area contributed by atoms with Gasteiger partial charge in [-0.25, -0.2) is 9.59 Å². The van der Waals surface area contributed by atoms with Crippen LogP contribution in [0.25, 0.3) is 0 Å². The van der Waals surface area contributed by atoms with Crippen molar-refractivity contribution >= 4 is 35.7 Å². The van der Waals surface area contributed by atoms with Gasteiger partial charge >= 0.3 is 12.1 Å². The summed E-state index contributed by atoms with van der Waals surface area (Å²) >= 11 is 0. The van der Waals surface area contributed by atoms with Gasteiger partial charge in [-0.2, -0.15) is 0 Å². The first-order valence-corrected chi connectivity index (χ1v) is 8.05. The van der Waals surface area contributed by atoms with E-state index < -0.39 is 46.5 Å². The van der Waals surface area contributed by atoms with Crippen molar-refractivity contribution in [3.8, 4) is 0 Å². The summed E-state index contributed by atoms with van der Waals surface area (Å²) in [5.74, 6) is -2.77. The van der Waals surface area contributed by atoms with Crippen LogP contribution in [-0.2, 0) is 19.2 Å². The first-order valence-electron chi connectivity index (χ1n) is 8.05. The quantitative estimate of drug-likeness (QED) is 0.481. The molecule has 4 N–H and O–H groups in total. The Morgan fingerprint density at radius 1 is 0.600 bits per heavy atom. The van der Waals surface area contributed by atoms with Gasteiger partial charge in [0.1, 0.15) is 10.8 Å². The third-order valence-corrected chi connectivity index (χ3v) is 5.06. The van der Waals surface area contributed by atoms with Gasteiger partial charge in [-0.05, 0) is 25.7 Å². The van der Waals surface area contributed by atoms with Crippen molar-refractivity contribution in [1.29, 1.82) is 0 Å². The summed E-state index contributed by atoms with van der Waals surface area (Å²) in [7, 11) is 0. The summed E-state index contributed by atoms with van der Waals surface area (Å²) in [6.07, 6.45) is 0.642. The van der Waals surface area contributed by atoms with Gasteiger partial charge < -0.3 is 0 Å². The third-order valence-electron chi connectivity index (χ3n) is 5.06. The highest BCUT2D eigenvalue weighted by Gasteiger charge is 2.51. The number of amides is 8. The maximum Gasteiger partial charge on any atom is 0.328 e. The van der Waals surface area contributed by atoms with Gasteiger partial charge in [0, 0.05) is 0 Å². The lowest BCUT2D eigenvalue weighted by Gasteiger charge is -2.36. The van der Waals surface area contributed by atoms with E-state index in [4.69, 9.17) is 0 Å². The largest absolute Gasteiger partial charge is 0.328 e. The van der Waals surface area contributed by atoms with Crippen molar-refractivity contribution in [1.82, 2.24) is 21.3 Å². The zero-order valence-electron chi connectivity index (χ0n) is 14.0. The average molecular weight is 352 g/mol. The lowest BCUT2D eigenvalue weighted by Crippen LogP contribution is -2.63. The molecule has 0 aliphatic carbocycles. The Kier molecular flexibility index (Phi) is 4.91. The van der Waals surface area contributed by atoms with Crippen molar-refractivity contribution in [2.45, 2.75) is 46.0 Å². The van der Waals surface area contributed by atoms with Crippen LogP contribution in [0.1, 0.15) is 46.0 Å². The molecular formula is C15H20N4O6. The van der Waals surface area contributed by atoms with E-state index in [1.807, 2.05) is 0 Å². The molecular weight excluding hydrogens is 332 g/mol. The first kappa shape index (κ1) is 18.6. The van der Waals surface area contributed by atoms with E-state index >= 15 is 0 Å². The van der Waals surface area contributed by atoms with Crippen LogP contribution in [0.4, 0.5) is 9.59 Å². The second kappa shape index (κ2) is 6.61. The minimum Gasteiger partial charge on any atom is -0.277 e. The number of barbiturate groups is 2. The van der Waals surface area contributed by atoms with Crippen molar-refractivity contribution < 1.29 is 28.8 Å². The van der Waals surface area contributed by atoms with Crippen molar-refractivity contribution in [3.05, 3.63) is 0 Å². The maximum absolute atomic E-state index is 12.2. The summed E-state index contributed by atoms with van der Waals surface area (Å²) < 4.78 is 0. The van der Waals surface area contributed by atoms with E-state index in [9.17, 15) is 28.8 Å². The normalized spacial score (nSPS) is 22.0. The van der Waals surface area contributed by atoms with Gasteiger partial charge in [0.05, 0.1) is 0 Å². The van der Waals surface area contributed by atoms with Crippen LogP contribution >= 0.6 is 0 Å². The molecule has 136 valence electrons. The molecule has 2 saturated heterocycles. The number of rotatable bonds is 6. The first-order chi connectivity index (χ1) is 11.7. The van der Waals surface area contributed by atoms with Crippen LogP contribution in [0.3, 0.4) is 0 Å². The Hall–Kier alpha value is -2.78. The topological polar surface area (TPSA) is 151 Å². The molecule has 0 aromatic heterocycles. The van der Waals surface area contributed by atoms with Crippen molar-refractivity contribution in [2.24, 2.45) is 10.8 Å². The number of carbonyl (C=O) groups is 6. The second-order valence-corrected chi connectivity index (χ2v) is 6.20.